The maximum absolute atomic E-state index is 3.89. The number of hydrogen-bond donors (Lipinski definition) is 0. The molecule has 0 fully saturated rings. The largest absolute Gasteiger partial charge is 3.00 e. The predicted octanol–water partition coefficient (Wildman–Crippen LogP) is 11.4. The first-order valence-electron chi connectivity index (χ1n) is 18.5. The summed E-state index contributed by atoms with van der Waals surface area (Å²) >= 11 is 0. The zero-order chi connectivity index (χ0) is 39.3. The molecular formula is C48H66IrN3. The van der Waals surface area contributed by atoms with E-state index in [9.17, 15) is 0 Å². The summed E-state index contributed by atoms with van der Waals surface area (Å²) in [4.78, 5) is 0. The monoisotopic (exact) mass is 877 g/mol. The van der Waals surface area contributed by atoms with Crippen molar-refractivity contribution in [2.24, 2.45) is 0 Å². The smallest absolute Gasteiger partial charge is 0.336 e. The number of aromatic nitrogens is 1. The van der Waals surface area contributed by atoms with E-state index in [2.05, 4.69) is 38.4 Å². The van der Waals surface area contributed by atoms with Crippen LogP contribution >= 0.6 is 0 Å². The first-order valence-corrected chi connectivity index (χ1v) is 18.5. The van der Waals surface area contributed by atoms with Crippen molar-refractivity contribution in [3.8, 4) is 0 Å². The van der Waals surface area contributed by atoms with Crippen molar-refractivity contribution >= 4 is 19.0 Å². The normalized spacial score (nSPS) is 12.8. The number of allylic oxidation sites excluding steroid dienone is 8. The molecule has 3 nitrogen and oxygen atoms in total. The van der Waals surface area contributed by atoms with Crippen molar-refractivity contribution in [1.82, 2.24) is 0 Å². The average Bonchev–Trinajstić information content (AvgIpc) is 3.24. The fraction of sp³-hybridized carbons (Fsp3) is 0.250. The molecule has 282 valence electrons. The molecule has 4 heteroatoms. The van der Waals surface area contributed by atoms with Crippen LogP contribution < -0.4 is 9.59 Å². The van der Waals surface area contributed by atoms with Gasteiger partial charge in [0.25, 0.3) is 0 Å². The summed E-state index contributed by atoms with van der Waals surface area (Å²) in [5, 5.41) is 1.07. The van der Waals surface area contributed by atoms with Crippen molar-refractivity contribution < 1.29 is 33.5 Å². The van der Waals surface area contributed by atoms with E-state index < -0.39 is 0 Å². The van der Waals surface area contributed by atoms with E-state index in [1.165, 1.54) is 0 Å². The summed E-state index contributed by atoms with van der Waals surface area (Å²) < 4.78 is 5.52. The number of hydrogen-bond acceptors (Lipinski definition) is 0. The van der Waals surface area contributed by atoms with Gasteiger partial charge in [0.1, 0.15) is 6.72 Å². The Kier molecular flexibility index (Phi) is 40.8. The van der Waals surface area contributed by atoms with Crippen LogP contribution in [0, 0.1) is 43.4 Å². The molecule has 6 rings (SSSR count). The van der Waals surface area contributed by atoms with Gasteiger partial charge in [0.15, 0.2) is 6.20 Å². The number of rotatable bonds is 2. The molecule has 2 aliphatic heterocycles. The maximum atomic E-state index is 3.89. The van der Waals surface area contributed by atoms with Crippen molar-refractivity contribution in [3.63, 3.8) is 0 Å². The Labute approximate surface area is 334 Å². The van der Waals surface area contributed by atoms with Crippen LogP contribution in [0.5, 0.6) is 0 Å². The number of nitrogens with zero attached hydrogens (tertiary/aromatic N) is 3. The fourth-order valence-corrected chi connectivity index (χ4v) is 3.82. The zero-order valence-corrected chi connectivity index (χ0v) is 36.5. The molecule has 0 unspecified atom stereocenters. The molecule has 52 heavy (non-hydrogen) atoms. The van der Waals surface area contributed by atoms with E-state index in [0.717, 1.165) is 34.1 Å². The van der Waals surface area contributed by atoms with Crippen molar-refractivity contribution in [3.05, 3.63) is 200 Å². The first-order chi connectivity index (χ1) is 25.1. The Morgan fingerprint density at radius 1 is 0.558 bits per heavy atom. The molecule has 0 bridgehead atoms. The topological polar surface area (TPSA) is 11.9 Å². The van der Waals surface area contributed by atoms with Gasteiger partial charge in [-0.05, 0) is 6.07 Å². The van der Waals surface area contributed by atoms with Gasteiger partial charge in [-0.2, -0.15) is 36.4 Å². The van der Waals surface area contributed by atoms with Crippen LogP contribution in [-0.2, 0) is 20.1 Å². The van der Waals surface area contributed by atoms with Gasteiger partial charge in [0, 0.05) is 13.4 Å². The van der Waals surface area contributed by atoms with Crippen LogP contribution in [0.4, 0.5) is 0 Å². The van der Waals surface area contributed by atoms with E-state index in [0.29, 0.717) is 0 Å². The van der Waals surface area contributed by atoms with Crippen molar-refractivity contribution in [2.75, 3.05) is 0 Å². The van der Waals surface area contributed by atoms with E-state index in [4.69, 9.17) is 0 Å². The minimum atomic E-state index is 0. The first kappa shape index (κ1) is 54.1. The van der Waals surface area contributed by atoms with Gasteiger partial charge in [0.05, 0.1) is 29.8 Å². The quantitative estimate of drug-likeness (QED) is 0.180. The van der Waals surface area contributed by atoms with Crippen LogP contribution in [0.3, 0.4) is 0 Å². The summed E-state index contributed by atoms with van der Waals surface area (Å²) in [6.07, 6.45) is 28.8. The minimum Gasteiger partial charge on any atom is -0.336 e. The zero-order valence-electron chi connectivity index (χ0n) is 34.2. The van der Waals surface area contributed by atoms with Crippen molar-refractivity contribution in [1.29, 1.82) is 0 Å². The Hall–Kier alpha value is -4.63. The Bertz CT molecular complexity index is 1500. The van der Waals surface area contributed by atoms with Crippen LogP contribution in [-0.4, -0.2) is 22.6 Å². The molecule has 0 spiro atoms. The summed E-state index contributed by atoms with van der Waals surface area (Å²) in [6, 6.07) is 30.2. The third-order valence-electron chi connectivity index (χ3n) is 5.78. The molecule has 3 heterocycles. The molecular weight excluding hydrogens is 811 g/mol. The molecule has 0 saturated carbocycles. The molecule has 3 aliphatic rings. The molecule has 0 radical (unpaired) electrons. The molecule has 0 saturated heterocycles. The van der Waals surface area contributed by atoms with Crippen LogP contribution in [0.25, 0.3) is 5.57 Å². The van der Waals surface area contributed by atoms with E-state index in [1.807, 2.05) is 243 Å². The van der Waals surface area contributed by atoms with Gasteiger partial charge in [-0.15, -0.1) is 59.7 Å². The van der Waals surface area contributed by atoms with Gasteiger partial charge in [-0.25, -0.2) is 30.2 Å². The molecule has 3 aromatic rings. The van der Waals surface area contributed by atoms with Gasteiger partial charge in [-0.1, -0.05) is 107 Å². The standard InChI is InChI=1S/3C12H10N.6C2H6.Ir/c3*1-13-10-6-5-9-12(13)11-7-3-2-4-8-11;6*1-2;/h3*2-7,9-10H,1H2;6*1-2H3;/q3*-1;;;;;;;+3. The second-order valence-corrected chi connectivity index (χ2v) is 8.50. The third-order valence-corrected chi connectivity index (χ3v) is 5.78. The van der Waals surface area contributed by atoms with Gasteiger partial charge < -0.3 is 9.15 Å². The second kappa shape index (κ2) is 39.2. The predicted molar refractivity (Wildman–Crippen MR) is 226 cm³/mol. The Morgan fingerprint density at radius 3 is 1.35 bits per heavy atom. The minimum absolute atomic E-state index is 0. The molecule has 0 amide bonds. The second-order valence-electron chi connectivity index (χ2n) is 8.50. The van der Waals surface area contributed by atoms with Crippen LogP contribution in [0.15, 0.2) is 140 Å². The fourth-order valence-electron chi connectivity index (χ4n) is 3.82. The Balaban J connectivity index is -0.000000287. The summed E-state index contributed by atoms with van der Waals surface area (Å²) in [6.45, 7) is 35.7. The van der Waals surface area contributed by atoms with Crippen molar-refractivity contribution in [2.45, 2.75) is 83.1 Å². The number of benzene rings is 2. The average molecular weight is 877 g/mol. The van der Waals surface area contributed by atoms with Crippen LogP contribution in [0.2, 0.25) is 0 Å². The van der Waals surface area contributed by atoms with Gasteiger partial charge in [-0.3, -0.25) is 10.3 Å². The van der Waals surface area contributed by atoms with Gasteiger partial charge in [0.2, 0.25) is 0 Å². The van der Waals surface area contributed by atoms with E-state index >= 15 is 0 Å². The summed E-state index contributed by atoms with van der Waals surface area (Å²) in [7, 11) is 0. The Morgan fingerprint density at radius 2 is 1.00 bits per heavy atom. The molecule has 0 N–H and O–H groups in total. The number of pyridine rings is 1. The maximum Gasteiger partial charge on any atom is 3.00 e. The van der Waals surface area contributed by atoms with Crippen LogP contribution in [0.1, 0.15) is 94.2 Å². The van der Waals surface area contributed by atoms with E-state index in [-0.39, 0.29) is 20.1 Å². The molecule has 1 aliphatic carbocycles. The van der Waals surface area contributed by atoms with E-state index in [1.54, 1.807) is 0 Å². The SMILES string of the molecule is C=[N+]1C=CC=C[C-]1c1[c-]cccc1.C=[N+]1C=CC=C[C-]1c1[c-]cccc1.C=[n+]1ccccc1=C1[C-]=CC=C[CH-]1.CC.CC.CC.CC.CC.CC.[Ir+3]. The molecule has 2 aromatic carbocycles. The summed E-state index contributed by atoms with van der Waals surface area (Å²) in [5.41, 5.74) is 3.20. The molecule has 1 aromatic heterocycles. The molecule has 0 atom stereocenters. The third kappa shape index (κ3) is 21.6. The van der Waals surface area contributed by atoms with Gasteiger partial charge >= 0.3 is 20.1 Å². The summed E-state index contributed by atoms with van der Waals surface area (Å²) in [5.74, 6) is 0.